The zero-order valence-corrected chi connectivity index (χ0v) is 8.13. The molecule has 0 amide bonds. The number of hydrogen-bond donors (Lipinski definition) is 1. The van der Waals surface area contributed by atoms with E-state index >= 15 is 0 Å². The second-order valence-corrected chi connectivity index (χ2v) is 3.57. The van der Waals surface area contributed by atoms with Crippen molar-refractivity contribution < 1.29 is 9.90 Å². The molecule has 0 aromatic carbocycles. The summed E-state index contributed by atoms with van der Waals surface area (Å²) >= 11 is 0. The number of carboxylic acid groups (broad SMARTS) is 1. The zero-order valence-electron chi connectivity index (χ0n) is 8.13. The Morgan fingerprint density at radius 2 is 2.00 bits per heavy atom. The second-order valence-electron chi connectivity index (χ2n) is 3.57. The molecule has 12 heavy (non-hydrogen) atoms. The largest absolute Gasteiger partial charge is 0.481 e. The highest BCUT2D eigenvalue weighted by atomic mass is 16.4. The normalized spacial score (nSPS) is 12.2. The number of carboxylic acids is 1. The van der Waals surface area contributed by atoms with Crippen LogP contribution in [0.25, 0.3) is 0 Å². The summed E-state index contributed by atoms with van der Waals surface area (Å²) in [5, 5.41) is 8.41. The van der Waals surface area contributed by atoms with E-state index < -0.39 is 5.97 Å². The lowest BCUT2D eigenvalue weighted by molar-refractivity contribution is -0.136. The van der Waals surface area contributed by atoms with Gasteiger partial charge in [0.2, 0.25) is 0 Å². The Labute approximate surface area is 74.3 Å². The summed E-state index contributed by atoms with van der Waals surface area (Å²) in [6.45, 7) is 6.30. The molecule has 0 radical (unpaired) electrons. The highest BCUT2D eigenvalue weighted by molar-refractivity contribution is 5.66. The molecule has 0 aromatic heterocycles. The van der Waals surface area contributed by atoms with Gasteiger partial charge in [-0.15, -0.1) is 0 Å². The molecular weight excluding hydrogens is 152 g/mol. The maximum Gasteiger partial charge on any atom is 0.303 e. The van der Waals surface area contributed by atoms with Crippen LogP contribution in [0, 0.1) is 5.92 Å². The van der Waals surface area contributed by atoms with Crippen molar-refractivity contribution in [1.29, 1.82) is 0 Å². The second kappa shape index (κ2) is 5.81. The van der Waals surface area contributed by atoms with Gasteiger partial charge in [-0.05, 0) is 25.7 Å². The first-order valence-electron chi connectivity index (χ1n) is 4.39. The summed E-state index contributed by atoms with van der Waals surface area (Å²) < 4.78 is 0. The average Bonchev–Trinajstić information content (AvgIpc) is 1.96. The first-order chi connectivity index (χ1) is 5.52. The van der Waals surface area contributed by atoms with Crippen molar-refractivity contribution in [2.45, 2.75) is 40.0 Å². The van der Waals surface area contributed by atoms with Crippen molar-refractivity contribution in [2.24, 2.45) is 5.92 Å². The van der Waals surface area contributed by atoms with Crippen LogP contribution >= 0.6 is 0 Å². The Balaban J connectivity index is 3.63. The fraction of sp³-hybridized carbons (Fsp3) is 0.700. The van der Waals surface area contributed by atoms with E-state index in [1.165, 1.54) is 5.57 Å². The Bertz CT molecular complexity index is 169. The summed E-state index contributed by atoms with van der Waals surface area (Å²) in [7, 11) is 0. The molecule has 0 unspecified atom stereocenters. The molecule has 0 aliphatic heterocycles. The predicted octanol–water partition coefficient (Wildman–Crippen LogP) is 2.84. The Morgan fingerprint density at radius 3 is 2.42 bits per heavy atom. The van der Waals surface area contributed by atoms with Crippen molar-refractivity contribution in [3.63, 3.8) is 0 Å². The highest BCUT2D eigenvalue weighted by Crippen LogP contribution is 2.08. The molecule has 70 valence electrons. The number of allylic oxidation sites excluding steroid dienone is 2. The lowest BCUT2D eigenvalue weighted by Gasteiger charge is -2.01. The van der Waals surface area contributed by atoms with Gasteiger partial charge in [-0.3, -0.25) is 4.79 Å². The first-order valence-corrected chi connectivity index (χ1v) is 4.39. The van der Waals surface area contributed by atoms with Crippen LogP contribution in [-0.4, -0.2) is 11.1 Å². The fourth-order valence-corrected chi connectivity index (χ4v) is 0.843. The van der Waals surface area contributed by atoms with E-state index in [1.54, 1.807) is 0 Å². The molecule has 2 heteroatoms. The Kier molecular flexibility index (Phi) is 5.43. The minimum absolute atomic E-state index is 0.250. The third-order valence-corrected chi connectivity index (χ3v) is 1.67. The van der Waals surface area contributed by atoms with Gasteiger partial charge in [0.1, 0.15) is 0 Å². The zero-order chi connectivity index (χ0) is 9.56. The highest BCUT2D eigenvalue weighted by Gasteiger charge is 1.97. The number of hydrogen-bond acceptors (Lipinski definition) is 1. The molecule has 0 spiro atoms. The van der Waals surface area contributed by atoms with E-state index in [9.17, 15) is 4.79 Å². The Morgan fingerprint density at radius 1 is 1.42 bits per heavy atom. The summed E-state index contributed by atoms with van der Waals surface area (Å²) in [6.07, 6.45) is 4.11. The van der Waals surface area contributed by atoms with E-state index in [1.807, 2.05) is 6.92 Å². The van der Waals surface area contributed by atoms with Crippen molar-refractivity contribution in [1.82, 2.24) is 0 Å². The molecule has 1 N–H and O–H groups in total. The van der Waals surface area contributed by atoms with Crippen LogP contribution < -0.4 is 0 Å². The minimum Gasteiger partial charge on any atom is -0.481 e. The molecular formula is C10H18O2. The van der Waals surface area contributed by atoms with Crippen molar-refractivity contribution in [2.75, 3.05) is 0 Å². The molecule has 0 bridgehead atoms. The van der Waals surface area contributed by atoms with Gasteiger partial charge >= 0.3 is 5.97 Å². The summed E-state index contributed by atoms with van der Waals surface area (Å²) in [4.78, 5) is 10.2. The van der Waals surface area contributed by atoms with Gasteiger partial charge in [-0.1, -0.05) is 25.5 Å². The number of aliphatic carboxylic acids is 1. The summed E-state index contributed by atoms with van der Waals surface area (Å²) in [6, 6.07) is 0. The van der Waals surface area contributed by atoms with Crippen molar-refractivity contribution in [3.05, 3.63) is 11.6 Å². The predicted molar refractivity (Wildman–Crippen MR) is 50.1 cm³/mol. The van der Waals surface area contributed by atoms with Crippen molar-refractivity contribution in [3.8, 4) is 0 Å². The van der Waals surface area contributed by atoms with Crippen LogP contribution in [-0.2, 0) is 4.79 Å². The first kappa shape index (κ1) is 11.2. The molecule has 0 aromatic rings. The van der Waals surface area contributed by atoms with Crippen LogP contribution in [0.15, 0.2) is 11.6 Å². The smallest absolute Gasteiger partial charge is 0.303 e. The Hall–Kier alpha value is -0.790. The van der Waals surface area contributed by atoms with Gasteiger partial charge in [0, 0.05) is 6.42 Å². The summed E-state index contributed by atoms with van der Waals surface area (Å²) in [5.74, 6) is -0.0583. The molecule has 0 fully saturated rings. The number of carbonyl (C=O) groups is 1. The van der Waals surface area contributed by atoms with Crippen LogP contribution in [0.4, 0.5) is 0 Å². The van der Waals surface area contributed by atoms with Gasteiger partial charge < -0.3 is 5.11 Å². The van der Waals surface area contributed by atoms with Gasteiger partial charge in [0.15, 0.2) is 0 Å². The van der Waals surface area contributed by atoms with E-state index in [0.29, 0.717) is 12.3 Å². The third-order valence-electron chi connectivity index (χ3n) is 1.67. The van der Waals surface area contributed by atoms with E-state index in [4.69, 9.17) is 5.11 Å². The monoisotopic (exact) mass is 170 g/mol. The van der Waals surface area contributed by atoms with Crippen LogP contribution in [0.3, 0.4) is 0 Å². The van der Waals surface area contributed by atoms with Crippen LogP contribution in [0.5, 0.6) is 0 Å². The van der Waals surface area contributed by atoms with Crippen LogP contribution in [0.2, 0.25) is 0 Å². The number of rotatable bonds is 5. The van der Waals surface area contributed by atoms with E-state index in [-0.39, 0.29) is 6.42 Å². The molecule has 0 saturated carbocycles. The quantitative estimate of drug-likeness (QED) is 0.644. The molecule has 0 rings (SSSR count). The molecule has 0 saturated heterocycles. The topological polar surface area (TPSA) is 37.3 Å². The molecule has 2 nitrogen and oxygen atoms in total. The lowest BCUT2D eigenvalue weighted by Crippen LogP contribution is -1.94. The molecule has 0 heterocycles. The maximum atomic E-state index is 10.2. The van der Waals surface area contributed by atoms with Gasteiger partial charge in [0.05, 0.1) is 0 Å². The fourth-order valence-electron chi connectivity index (χ4n) is 0.843. The maximum absolute atomic E-state index is 10.2. The van der Waals surface area contributed by atoms with Gasteiger partial charge in [-0.2, -0.15) is 0 Å². The average molecular weight is 170 g/mol. The molecule has 0 atom stereocenters. The SMILES string of the molecule is C/C(=C\CC(C)C)CCC(=O)O. The van der Waals surface area contributed by atoms with Gasteiger partial charge in [-0.25, -0.2) is 0 Å². The summed E-state index contributed by atoms with van der Waals surface area (Å²) in [5.41, 5.74) is 1.19. The van der Waals surface area contributed by atoms with Gasteiger partial charge in [0.25, 0.3) is 0 Å². The lowest BCUT2D eigenvalue weighted by atomic mass is 10.1. The molecule has 0 aliphatic rings. The van der Waals surface area contributed by atoms with E-state index in [0.717, 1.165) is 6.42 Å². The minimum atomic E-state index is -0.715. The molecule has 0 aliphatic carbocycles. The van der Waals surface area contributed by atoms with Crippen LogP contribution in [0.1, 0.15) is 40.0 Å². The van der Waals surface area contributed by atoms with Crippen molar-refractivity contribution >= 4 is 5.97 Å². The third kappa shape index (κ3) is 7.32. The standard InChI is InChI=1S/C10H18O2/c1-8(2)4-5-9(3)6-7-10(11)12/h5,8H,4,6-7H2,1-3H3,(H,11,12)/b9-5+. The van der Waals surface area contributed by atoms with E-state index in [2.05, 4.69) is 19.9 Å².